The molecule has 0 atom stereocenters. The second kappa shape index (κ2) is 22.4. The summed E-state index contributed by atoms with van der Waals surface area (Å²) in [4.78, 5) is 0. The molecule has 2 N–H and O–H groups in total. The Kier molecular flexibility index (Phi) is 27.7. The first-order valence-corrected chi connectivity index (χ1v) is 8.35. The number of halogens is 8. The Bertz CT molecular complexity index is 331. The smallest absolute Gasteiger partial charge is 0.418 e. The maximum atomic E-state index is 9.75. The van der Waals surface area contributed by atoms with Crippen LogP contribution in [-0.2, 0) is 19.5 Å². The summed E-state index contributed by atoms with van der Waals surface area (Å²) in [5.41, 5.74) is 0. The average molecular weight is 511 g/mol. The zero-order valence-electron chi connectivity index (χ0n) is 15.3. The van der Waals surface area contributed by atoms with Crippen molar-refractivity contribution >= 4 is 14.5 Å². The van der Waals surface area contributed by atoms with Crippen molar-refractivity contribution in [3.8, 4) is 0 Å². The predicted octanol–water partition coefficient (Wildman–Crippen LogP) is 7.12. The van der Waals surface area contributed by atoms with E-state index in [-0.39, 0.29) is 25.0 Å². The van der Waals surface area contributed by atoms with Gasteiger partial charge in [0.2, 0.25) is 0 Å². The molecule has 1 nitrogen and oxygen atoms in total. The first-order chi connectivity index (χ1) is 12.0. The van der Waals surface area contributed by atoms with Crippen molar-refractivity contribution < 1.29 is 59.5 Å². The molecule has 0 amide bonds. The molecule has 0 bridgehead atoms. The second-order valence-electron chi connectivity index (χ2n) is 5.18. The van der Waals surface area contributed by atoms with Crippen molar-refractivity contribution in [3.63, 3.8) is 0 Å². The Morgan fingerprint density at radius 3 is 0.500 bits per heavy atom. The van der Waals surface area contributed by atoms with Crippen LogP contribution in [-0.4, -0.2) is 20.0 Å². The molecule has 0 aromatic carbocycles. The topological polar surface area (TPSA) is 31.5 Å². The van der Waals surface area contributed by atoms with E-state index in [1.807, 2.05) is 0 Å². The molecule has 2 aliphatic rings. The van der Waals surface area contributed by atoms with Gasteiger partial charge in [-0.3, -0.25) is 0 Å². The number of allylic oxidation sites excluding steroid dienone is 8. The van der Waals surface area contributed by atoms with Gasteiger partial charge in [0.25, 0.3) is 0 Å². The van der Waals surface area contributed by atoms with Crippen LogP contribution in [0.1, 0.15) is 51.4 Å². The molecule has 0 aliphatic heterocycles. The molecule has 0 fully saturated rings. The van der Waals surface area contributed by atoms with E-state index in [0.29, 0.717) is 0 Å². The van der Waals surface area contributed by atoms with E-state index in [1.54, 1.807) is 0 Å². The van der Waals surface area contributed by atoms with Crippen LogP contribution in [0.3, 0.4) is 0 Å². The average Bonchev–Trinajstić information content (AvgIpc) is 2.32. The quantitative estimate of drug-likeness (QED) is 0.189. The minimum atomic E-state index is -6.00. The third-order valence-corrected chi connectivity index (χ3v) is 2.67. The third kappa shape index (κ3) is 63.9. The van der Waals surface area contributed by atoms with Crippen molar-refractivity contribution in [2.24, 2.45) is 0 Å². The van der Waals surface area contributed by atoms with Gasteiger partial charge in [-0.1, -0.05) is 48.6 Å². The molecular formula is C16H26B2F8ORh. The molecule has 2 rings (SSSR count). The molecule has 0 saturated carbocycles. The Labute approximate surface area is 174 Å². The summed E-state index contributed by atoms with van der Waals surface area (Å²) in [6.07, 6.45) is 28.0. The van der Waals surface area contributed by atoms with E-state index in [4.69, 9.17) is 0 Å². The predicted molar refractivity (Wildman–Crippen MR) is 97.5 cm³/mol. The van der Waals surface area contributed by atoms with Gasteiger partial charge in [-0.2, -0.15) is 0 Å². The van der Waals surface area contributed by atoms with Crippen LogP contribution in [0.4, 0.5) is 34.5 Å². The van der Waals surface area contributed by atoms with E-state index in [1.165, 1.54) is 51.4 Å². The Hall–Kier alpha value is -0.887. The van der Waals surface area contributed by atoms with Crippen LogP contribution in [0.2, 0.25) is 0 Å². The van der Waals surface area contributed by atoms with E-state index in [2.05, 4.69) is 48.6 Å². The minimum Gasteiger partial charge on any atom is -0.418 e. The summed E-state index contributed by atoms with van der Waals surface area (Å²) in [5, 5.41) is 0. The van der Waals surface area contributed by atoms with Crippen LogP contribution in [0.5, 0.6) is 0 Å². The number of rotatable bonds is 0. The summed E-state index contributed by atoms with van der Waals surface area (Å²) >= 11 is 0. The molecule has 167 valence electrons. The molecule has 28 heavy (non-hydrogen) atoms. The zero-order valence-corrected chi connectivity index (χ0v) is 16.9. The summed E-state index contributed by atoms with van der Waals surface area (Å²) in [5.74, 6) is 0. The monoisotopic (exact) mass is 511 g/mol. The van der Waals surface area contributed by atoms with Crippen molar-refractivity contribution in [2.45, 2.75) is 51.4 Å². The standard InChI is InChI=1S/2C8H12.2BF4.H2O.Rh/c2*1-2-4-6-8-7-5-3-1;2*2-1(3,4)5;;/h2*1-2,7-8H,3-6H2;;;1H2;/q;;2*-1;;+2. The van der Waals surface area contributed by atoms with Crippen molar-refractivity contribution in [2.75, 3.05) is 0 Å². The van der Waals surface area contributed by atoms with Gasteiger partial charge in [0.1, 0.15) is 0 Å². The van der Waals surface area contributed by atoms with E-state index in [9.17, 15) is 34.5 Å². The van der Waals surface area contributed by atoms with E-state index < -0.39 is 14.5 Å². The summed E-state index contributed by atoms with van der Waals surface area (Å²) < 4.78 is 78.0. The summed E-state index contributed by atoms with van der Waals surface area (Å²) in [6, 6.07) is 0. The molecule has 0 heterocycles. The fourth-order valence-corrected chi connectivity index (χ4v) is 1.71. The zero-order chi connectivity index (χ0) is 20.3. The summed E-state index contributed by atoms with van der Waals surface area (Å²) in [6.45, 7) is 0. The first kappa shape index (κ1) is 34.6. The van der Waals surface area contributed by atoms with Crippen LogP contribution < -0.4 is 0 Å². The first-order valence-electron chi connectivity index (χ1n) is 8.35. The fraction of sp³-hybridized carbons (Fsp3) is 0.500. The minimum absolute atomic E-state index is 0. The van der Waals surface area contributed by atoms with Gasteiger partial charge < -0.3 is 40.0 Å². The fourth-order valence-electron chi connectivity index (χ4n) is 1.71. The van der Waals surface area contributed by atoms with Gasteiger partial charge in [0.05, 0.1) is 0 Å². The molecule has 0 saturated heterocycles. The molecular weight excluding hydrogens is 485 g/mol. The molecule has 0 aromatic rings. The maximum Gasteiger partial charge on any atom is 2.00 e. The Balaban J connectivity index is -0.000000138. The Morgan fingerprint density at radius 1 is 0.357 bits per heavy atom. The van der Waals surface area contributed by atoms with Gasteiger partial charge in [-0.25, -0.2) is 0 Å². The number of hydrogen-bond donors (Lipinski definition) is 0. The van der Waals surface area contributed by atoms with Crippen molar-refractivity contribution in [1.29, 1.82) is 0 Å². The van der Waals surface area contributed by atoms with Crippen LogP contribution in [0.25, 0.3) is 0 Å². The van der Waals surface area contributed by atoms with Crippen molar-refractivity contribution in [1.82, 2.24) is 0 Å². The SMILES string of the molecule is C1=CCCC=CCC1.C1=CCCC=CCC1.F[B-](F)(F)F.F[B-](F)(F)F.O.[Rh+2]. The van der Waals surface area contributed by atoms with Gasteiger partial charge in [0.15, 0.2) is 0 Å². The molecule has 1 radical (unpaired) electrons. The third-order valence-electron chi connectivity index (χ3n) is 2.67. The van der Waals surface area contributed by atoms with Gasteiger partial charge in [-0.15, -0.1) is 0 Å². The van der Waals surface area contributed by atoms with E-state index >= 15 is 0 Å². The molecule has 2 aliphatic carbocycles. The molecule has 0 spiro atoms. The molecule has 0 aromatic heterocycles. The normalized spacial score (nSPS) is 15.7. The van der Waals surface area contributed by atoms with Gasteiger partial charge in [-0.05, 0) is 51.4 Å². The van der Waals surface area contributed by atoms with Crippen LogP contribution >= 0.6 is 0 Å². The van der Waals surface area contributed by atoms with Gasteiger partial charge in [0, 0.05) is 0 Å². The molecule has 0 unspecified atom stereocenters. The van der Waals surface area contributed by atoms with Crippen LogP contribution in [0, 0.1) is 0 Å². The second-order valence-corrected chi connectivity index (χ2v) is 5.18. The number of hydrogen-bond acceptors (Lipinski definition) is 0. The Morgan fingerprint density at radius 2 is 0.429 bits per heavy atom. The maximum absolute atomic E-state index is 9.75. The molecule has 12 heteroatoms. The summed E-state index contributed by atoms with van der Waals surface area (Å²) in [7, 11) is -12.0. The largest absolute Gasteiger partial charge is 2.00 e. The van der Waals surface area contributed by atoms with E-state index in [0.717, 1.165) is 0 Å². The van der Waals surface area contributed by atoms with Gasteiger partial charge >= 0.3 is 34.0 Å². The van der Waals surface area contributed by atoms with Crippen LogP contribution in [0.15, 0.2) is 48.6 Å². The van der Waals surface area contributed by atoms with Crippen molar-refractivity contribution in [3.05, 3.63) is 48.6 Å².